The number of rotatable bonds is 10. The average Bonchev–Trinajstić information content (AvgIpc) is 2.95. The first-order chi connectivity index (χ1) is 18.7. The minimum absolute atomic E-state index is 0.0130. The van der Waals surface area contributed by atoms with Crippen molar-refractivity contribution in [1.82, 2.24) is 5.32 Å². The van der Waals surface area contributed by atoms with Gasteiger partial charge < -0.3 is 19.5 Å². The molecule has 0 saturated heterocycles. The van der Waals surface area contributed by atoms with Crippen LogP contribution in [0.1, 0.15) is 50.3 Å². The van der Waals surface area contributed by atoms with E-state index in [1.165, 1.54) is 32.4 Å². The third-order valence-electron chi connectivity index (χ3n) is 7.37. The Morgan fingerprint density at radius 2 is 1.67 bits per heavy atom. The molecule has 8 nitrogen and oxygen atoms in total. The highest BCUT2D eigenvalue weighted by molar-refractivity contribution is 7.92. The van der Waals surface area contributed by atoms with Gasteiger partial charge in [-0.05, 0) is 50.1 Å². The number of nitrogens with zero attached hydrogens (tertiary/aromatic N) is 1. The highest BCUT2D eigenvalue weighted by Gasteiger charge is 2.39. The minimum atomic E-state index is -4.14. The van der Waals surface area contributed by atoms with E-state index in [0.29, 0.717) is 17.9 Å². The van der Waals surface area contributed by atoms with Gasteiger partial charge in [-0.15, -0.1) is 0 Å². The Bertz CT molecular complexity index is 1420. The number of aryl methyl sites for hydroxylation is 1. The Morgan fingerprint density at radius 1 is 1.00 bits per heavy atom. The van der Waals surface area contributed by atoms with Crippen LogP contribution in [0.2, 0.25) is 0 Å². The van der Waals surface area contributed by atoms with Crippen molar-refractivity contribution in [2.24, 2.45) is 0 Å². The number of carbonyl (C=O) groups is 1. The van der Waals surface area contributed by atoms with Crippen LogP contribution in [0.25, 0.3) is 0 Å². The van der Waals surface area contributed by atoms with Crippen LogP contribution in [0, 0.1) is 6.92 Å². The molecule has 4 rings (SSSR count). The van der Waals surface area contributed by atoms with Gasteiger partial charge in [0.2, 0.25) is 5.91 Å². The quantitative estimate of drug-likeness (QED) is 0.362. The molecule has 0 aliphatic carbocycles. The maximum Gasteiger partial charge on any atom is 0.264 e. The molecule has 0 saturated carbocycles. The molecule has 1 aliphatic rings. The van der Waals surface area contributed by atoms with Gasteiger partial charge in [-0.1, -0.05) is 49.7 Å². The van der Waals surface area contributed by atoms with E-state index in [0.717, 1.165) is 34.0 Å². The summed E-state index contributed by atoms with van der Waals surface area (Å²) in [5.74, 6) is 1.01. The van der Waals surface area contributed by atoms with Crippen molar-refractivity contribution in [3.8, 4) is 17.2 Å². The Morgan fingerprint density at radius 3 is 2.31 bits per heavy atom. The van der Waals surface area contributed by atoms with Crippen molar-refractivity contribution < 1.29 is 27.4 Å². The number of para-hydroxylation sites is 1. The fraction of sp³-hybridized carbons (Fsp3) is 0.367. The molecule has 3 aromatic rings. The molecule has 1 N–H and O–H groups in total. The lowest BCUT2D eigenvalue weighted by Crippen LogP contribution is -2.47. The highest BCUT2D eigenvalue weighted by Crippen LogP contribution is 2.42. The predicted octanol–water partition coefficient (Wildman–Crippen LogP) is 5.41. The lowest BCUT2D eigenvalue weighted by atomic mass is 9.83. The summed E-state index contributed by atoms with van der Waals surface area (Å²) in [6.07, 6.45) is 2.16. The summed E-state index contributed by atoms with van der Waals surface area (Å²) in [5, 5.41) is 3.10. The number of anilines is 1. The summed E-state index contributed by atoms with van der Waals surface area (Å²) in [5.41, 5.74) is 1.83. The summed E-state index contributed by atoms with van der Waals surface area (Å²) >= 11 is 0. The van der Waals surface area contributed by atoms with Gasteiger partial charge in [-0.25, -0.2) is 8.42 Å². The number of methoxy groups -OCH3 is 2. The van der Waals surface area contributed by atoms with E-state index in [1.807, 2.05) is 43.3 Å². The van der Waals surface area contributed by atoms with Crippen molar-refractivity contribution in [2.75, 3.05) is 25.1 Å². The van der Waals surface area contributed by atoms with Gasteiger partial charge in [0.25, 0.3) is 10.0 Å². The molecule has 1 aliphatic heterocycles. The van der Waals surface area contributed by atoms with E-state index in [4.69, 9.17) is 14.2 Å². The van der Waals surface area contributed by atoms with E-state index in [9.17, 15) is 13.2 Å². The van der Waals surface area contributed by atoms with E-state index in [-0.39, 0.29) is 16.7 Å². The molecule has 1 heterocycles. The zero-order chi connectivity index (χ0) is 28.2. The Balaban J connectivity index is 1.68. The van der Waals surface area contributed by atoms with Gasteiger partial charge in [0, 0.05) is 18.1 Å². The molecule has 39 heavy (non-hydrogen) atoms. The molecule has 0 unspecified atom stereocenters. The number of benzene rings is 3. The molecule has 0 bridgehead atoms. The molecular weight excluding hydrogens is 516 g/mol. The van der Waals surface area contributed by atoms with Crippen LogP contribution in [0.5, 0.6) is 17.2 Å². The average molecular weight is 553 g/mol. The van der Waals surface area contributed by atoms with Crippen LogP contribution in [0.3, 0.4) is 0 Å². The Kier molecular flexibility index (Phi) is 8.39. The molecule has 0 fully saturated rings. The number of nitrogens with one attached hydrogen (secondary N) is 1. The first-order valence-corrected chi connectivity index (χ1v) is 14.5. The van der Waals surface area contributed by atoms with Crippen molar-refractivity contribution in [1.29, 1.82) is 0 Å². The second-order valence-corrected chi connectivity index (χ2v) is 11.6. The zero-order valence-corrected chi connectivity index (χ0v) is 23.9. The van der Waals surface area contributed by atoms with Crippen LogP contribution in [0.15, 0.2) is 71.6 Å². The van der Waals surface area contributed by atoms with Crippen LogP contribution in [0.4, 0.5) is 5.69 Å². The van der Waals surface area contributed by atoms with E-state index >= 15 is 0 Å². The fourth-order valence-electron chi connectivity index (χ4n) is 4.93. The molecule has 0 aromatic heterocycles. The molecule has 1 atom stereocenters. The Labute approximate surface area is 230 Å². The van der Waals surface area contributed by atoms with Crippen molar-refractivity contribution in [3.05, 3.63) is 77.9 Å². The number of amides is 1. The van der Waals surface area contributed by atoms with Gasteiger partial charge in [-0.3, -0.25) is 9.10 Å². The topological polar surface area (TPSA) is 94.2 Å². The number of sulfonamides is 1. The van der Waals surface area contributed by atoms with Gasteiger partial charge >= 0.3 is 0 Å². The highest BCUT2D eigenvalue weighted by atomic mass is 32.2. The SMILES string of the molecule is CCC1(CC)C[C@H](NC(=O)CN(c2ccc(C)cc2)S(=O)(=O)c2ccc(OC)c(OC)c2)c2ccccc2O1. The van der Waals surface area contributed by atoms with Crippen molar-refractivity contribution in [3.63, 3.8) is 0 Å². The Hall–Kier alpha value is -3.72. The molecule has 3 aromatic carbocycles. The summed E-state index contributed by atoms with van der Waals surface area (Å²) in [4.78, 5) is 13.5. The molecule has 9 heteroatoms. The summed E-state index contributed by atoms with van der Waals surface area (Å²) in [7, 11) is -1.22. The van der Waals surface area contributed by atoms with Crippen molar-refractivity contribution >= 4 is 21.6 Å². The predicted molar refractivity (Wildman–Crippen MR) is 151 cm³/mol. The maximum atomic E-state index is 13.9. The van der Waals surface area contributed by atoms with Gasteiger partial charge in [0.05, 0.1) is 30.8 Å². The zero-order valence-electron chi connectivity index (χ0n) is 23.1. The largest absolute Gasteiger partial charge is 0.493 e. The smallest absolute Gasteiger partial charge is 0.264 e. The number of hydrogen-bond donors (Lipinski definition) is 1. The monoisotopic (exact) mass is 552 g/mol. The number of fused-ring (bicyclic) bond motifs is 1. The maximum absolute atomic E-state index is 13.9. The van der Waals surface area contributed by atoms with Crippen LogP contribution >= 0.6 is 0 Å². The van der Waals surface area contributed by atoms with Crippen LogP contribution < -0.4 is 23.8 Å². The third-order valence-corrected chi connectivity index (χ3v) is 9.14. The molecular formula is C30H36N2O6S. The number of carbonyl (C=O) groups excluding carboxylic acids is 1. The minimum Gasteiger partial charge on any atom is -0.493 e. The van der Waals surface area contributed by atoms with E-state index in [1.54, 1.807) is 12.1 Å². The number of ether oxygens (including phenoxy) is 3. The second kappa shape index (κ2) is 11.6. The molecule has 1 amide bonds. The van der Waals surface area contributed by atoms with Gasteiger partial charge in [0.1, 0.15) is 17.9 Å². The number of hydrogen-bond acceptors (Lipinski definition) is 6. The molecule has 0 radical (unpaired) electrons. The molecule has 0 spiro atoms. The van der Waals surface area contributed by atoms with Gasteiger partial charge in [0.15, 0.2) is 11.5 Å². The standard InChI is InChI=1S/C30H36N2O6S/c1-6-30(7-2)19-25(24-10-8-9-11-26(24)38-30)31-29(33)20-32(22-14-12-21(3)13-15-22)39(34,35)23-16-17-27(36-4)28(18-23)37-5/h8-18,25H,6-7,19-20H2,1-5H3,(H,31,33)/t25-/m0/s1. The van der Waals surface area contributed by atoms with E-state index in [2.05, 4.69) is 19.2 Å². The first-order valence-electron chi connectivity index (χ1n) is 13.0. The summed E-state index contributed by atoms with van der Waals surface area (Å²) in [6, 6.07) is 18.8. The van der Waals surface area contributed by atoms with Crippen LogP contribution in [-0.4, -0.2) is 40.7 Å². The second-order valence-electron chi connectivity index (χ2n) is 9.72. The normalized spacial score (nSPS) is 16.0. The lowest BCUT2D eigenvalue weighted by molar-refractivity contribution is -0.121. The van der Waals surface area contributed by atoms with Gasteiger partial charge in [-0.2, -0.15) is 0 Å². The summed E-state index contributed by atoms with van der Waals surface area (Å²) < 4.78 is 46.0. The third kappa shape index (κ3) is 5.83. The van der Waals surface area contributed by atoms with Crippen molar-refractivity contribution in [2.45, 2.75) is 56.6 Å². The summed E-state index contributed by atoms with van der Waals surface area (Å²) in [6.45, 7) is 5.67. The van der Waals surface area contributed by atoms with Crippen LogP contribution in [-0.2, 0) is 14.8 Å². The lowest BCUT2D eigenvalue weighted by Gasteiger charge is -2.41. The molecule has 208 valence electrons. The fourth-order valence-corrected chi connectivity index (χ4v) is 6.37. The first kappa shape index (κ1) is 28.3. The van der Waals surface area contributed by atoms with E-state index < -0.39 is 28.1 Å².